The van der Waals surface area contributed by atoms with Crippen molar-refractivity contribution in [2.24, 2.45) is 0 Å². The van der Waals surface area contributed by atoms with Gasteiger partial charge in [0.15, 0.2) is 5.82 Å². The maximum atomic E-state index is 12.2. The largest absolute Gasteiger partial charge is 0.345 e. The summed E-state index contributed by atoms with van der Waals surface area (Å²) in [4.78, 5) is 20.8. The standard InChI is InChI=1S/C15H15N5OS/c1-9-17-14(20-19-9)7-16-15(21)12-5-3-4-11(6-12)13-8-22-10(2)18-13/h3-6,8H,7H2,1-2H3,(H,16,21)(H,17,19,20). The predicted molar refractivity (Wildman–Crippen MR) is 84.6 cm³/mol. The van der Waals surface area contributed by atoms with Crippen LogP contribution in [0.3, 0.4) is 0 Å². The molecule has 2 aromatic heterocycles. The lowest BCUT2D eigenvalue weighted by Gasteiger charge is -2.04. The van der Waals surface area contributed by atoms with Crippen LogP contribution in [0, 0.1) is 13.8 Å². The van der Waals surface area contributed by atoms with Gasteiger partial charge in [-0.15, -0.1) is 11.3 Å². The van der Waals surface area contributed by atoms with Gasteiger partial charge in [-0.1, -0.05) is 12.1 Å². The second kappa shape index (κ2) is 6.07. The molecule has 0 fully saturated rings. The van der Waals surface area contributed by atoms with Crippen molar-refractivity contribution in [2.45, 2.75) is 20.4 Å². The molecule has 1 aromatic carbocycles. The second-order valence-corrected chi connectivity index (χ2v) is 5.91. The Kier molecular flexibility index (Phi) is 3.97. The van der Waals surface area contributed by atoms with Crippen molar-refractivity contribution in [1.29, 1.82) is 0 Å². The summed E-state index contributed by atoms with van der Waals surface area (Å²) in [5, 5.41) is 12.5. The number of hydrogen-bond acceptors (Lipinski definition) is 5. The van der Waals surface area contributed by atoms with Crippen LogP contribution in [-0.4, -0.2) is 26.1 Å². The topological polar surface area (TPSA) is 83.6 Å². The van der Waals surface area contributed by atoms with Gasteiger partial charge in [0, 0.05) is 16.5 Å². The molecule has 2 N–H and O–H groups in total. The first-order valence-corrected chi connectivity index (χ1v) is 7.68. The van der Waals surface area contributed by atoms with Crippen LogP contribution in [0.5, 0.6) is 0 Å². The molecule has 3 aromatic rings. The summed E-state index contributed by atoms with van der Waals surface area (Å²) >= 11 is 1.59. The normalized spacial score (nSPS) is 10.6. The van der Waals surface area contributed by atoms with E-state index in [1.807, 2.05) is 37.4 Å². The minimum absolute atomic E-state index is 0.156. The van der Waals surface area contributed by atoms with Crippen LogP contribution in [0.1, 0.15) is 27.0 Å². The van der Waals surface area contributed by atoms with E-state index in [1.165, 1.54) is 0 Å². The van der Waals surface area contributed by atoms with Gasteiger partial charge < -0.3 is 5.32 Å². The van der Waals surface area contributed by atoms with Gasteiger partial charge in [0.25, 0.3) is 5.91 Å². The molecular formula is C15H15N5OS. The van der Waals surface area contributed by atoms with Crippen molar-refractivity contribution in [3.05, 3.63) is 51.9 Å². The molecule has 22 heavy (non-hydrogen) atoms. The number of aromatic amines is 1. The number of H-pyrrole nitrogens is 1. The van der Waals surface area contributed by atoms with Crippen molar-refractivity contribution in [3.8, 4) is 11.3 Å². The van der Waals surface area contributed by atoms with Crippen LogP contribution >= 0.6 is 11.3 Å². The van der Waals surface area contributed by atoms with Crippen LogP contribution in [0.4, 0.5) is 0 Å². The monoisotopic (exact) mass is 313 g/mol. The Labute approximate surface area is 131 Å². The van der Waals surface area contributed by atoms with E-state index in [4.69, 9.17) is 0 Å². The van der Waals surface area contributed by atoms with Crippen molar-refractivity contribution < 1.29 is 4.79 Å². The zero-order valence-corrected chi connectivity index (χ0v) is 13.1. The van der Waals surface area contributed by atoms with Gasteiger partial charge >= 0.3 is 0 Å². The number of thiazole rings is 1. The lowest BCUT2D eigenvalue weighted by atomic mass is 10.1. The lowest BCUT2D eigenvalue weighted by molar-refractivity contribution is 0.0950. The summed E-state index contributed by atoms with van der Waals surface area (Å²) in [6.07, 6.45) is 0. The molecule has 2 heterocycles. The highest BCUT2D eigenvalue weighted by Crippen LogP contribution is 2.22. The van der Waals surface area contributed by atoms with Crippen LogP contribution in [0.25, 0.3) is 11.3 Å². The fourth-order valence-electron chi connectivity index (χ4n) is 2.05. The molecule has 112 valence electrons. The van der Waals surface area contributed by atoms with Gasteiger partial charge in [-0.2, -0.15) is 5.10 Å². The Hall–Kier alpha value is -2.54. The van der Waals surface area contributed by atoms with Gasteiger partial charge in [0.05, 0.1) is 17.2 Å². The third-order valence-electron chi connectivity index (χ3n) is 3.09. The molecule has 0 atom stereocenters. The average Bonchev–Trinajstić information content (AvgIpc) is 3.13. The van der Waals surface area contributed by atoms with Crippen molar-refractivity contribution >= 4 is 17.2 Å². The Bertz CT molecular complexity index is 808. The first-order chi connectivity index (χ1) is 10.6. The van der Waals surface area contributed by atoms with E-state index in [1.54, 1.807) is 17.4 Å². The number of rotatable bonds is 4. The number of carbonyl (C=O) groups excluding carboxylic acids is 1. The Morgan fingerprint density at radius 3 is 2.86 bits per heavy atom. The second-order valence-electron chi connectivity index (χ2n) is 4.85. The maximum Gasteiger partial charge on any atom is 0.251 e. The van der Waals surface area contributed by atoms with E-state index < -0.39 is 0 Å². The first kappa shape index (κ1) is 14.4. The molecule has 0 spiro atoms. The highest BCUT2D eigenvalue weighted by atomic mass is 32.1. The summed E-state index contributed by atoms with van der Waals surface area (Å²) in [5.41, 5.74) is 2.42. The molecule has 1 amide bonds. The van der Waals surface area contributed by atoms with E-state index in [2.05, 4.69) is 25.5 Å². The molecular weight excluding hydrogens is 298 g/mol. The Balaban J connectivity index is 1.72. The zero-order valence-electron chi connectivity index (χ0n) is 12.3. The summed E-state index contributed by atoms with van der Waals surface area (Å²) in [5.74, 6) is 1.14. The molecule has 0 radical (unpaired) electrons. The third kappa shape index (κ3) is 3.20. The molecule has 0 saturated carbocycles. The van der Waals surface area contributed by atoms with Gasteiger partial charge in [-0.05, 0) is 26.0 Å². The summed E-state index contributed by atoms with van der Waals surface area (Å²) in [6, 6.07) is 7.42. The maximum absolute atomic E-state index is 12.2. The smallest absolute Gasteiger partial charge is 0.251 e. The molecule has 3 rings (SSSR count). The van der Waals surface area contributed by atoms with Gasteiger partial charge in [-0.25, -0.2) is 9.97 Å². The lowest BCUT2D eigenvalue weighted by Crippen LogP contribution is -2.23. The van der Waals surface area contributed by atoms with E-state index in [9.17, 15) is 4.79 Å². The summed E-state index contributed by atoms with van der Waals surface area (Å²) in [6.45, 7) is 4.07. The molecule has 6 nitrogen and oxygen atoms in total. The number of nitrogens with zero attached hydrogens (tertiary/aromatic N) is 3. The highest BCUT2D eigenvalue weighted by molar-refractivity contribution is 7.09. The van der Waals surface area contributed by atoms with E-state index in [0.29, 0.717) is 17.9 Å². The fraction of sp³-hybridized carbons (Fsp3) is 0.200. The van der Waals surface area contributed by atoms with Gasteiger partial charge in [0.2, 0.25) is 0 Å². The fourth-order valence-corrected chi connectivity index (χ4v) is 2.67. The predicted octanol–water partition coefficient (Wildman–Crippen LogP) is 2.48. The number of aromatic nitrogens is 4. The van der Waals surface area contributed by atoms with Gasteiger partial charge in [0.1, 0.15) is 5.82 Å². The Morgan fingerprint density at radius 2 is 2.18 bits per heavy atom. The number of carbonyl (C=O) groups is 1. The molecule has 0 aliphatic rings. The average molecular weight is 313 g/mol. The van der Waals surface area contributed by atoms with Crippen molar-refractivity contribution in [1.82, 2.24) is 25.5 Å². The van der Waals surface area contributed by atoms with E-state index in [0.717, 1.165) is 22.1 Å². The SMILES string of the molecule is Cc1nc(CNC(=O)c2cccc(-c3csc(C)n3)c2)n[nH]1. The first-order valence-electron chi connectivity index (χ1n) is 6.80. The van der Waals surface area contributed by atoms with Gasteiger partial charge in [-0.3, -0.25) is 9.89 Å². The van der Waals surface area contributed by atoms with Crippen molar-refractivity contribution in [2.75, 3.05) is 0 Å². The number of aryl methyl sites for hydroxylation is 2. The summed E-state index contributed by atoms with van der Waals surface area (Å²) in [7, 11) is 0. The molecule has 0 saturated heterocycles. The number of hydrogen-bond donors (Lipinski definition) is 2. The van der Waals surface area contributed by atoms with Crippen molar-refractivity contribution in [3.63, 3.8) is 0 Å². The number of benzene rings is 1. The molecule has 0 unspecified atom stereocenters. The number of amides is 1. The van der Waals surface area contributed by atoms with Crippen LogP contribution in [0.2, 0.25) is 0 Å². The molecule has 0 aliphatic heterocycles. The quantitative estimate of drug-likeness (QED) is 0.775. The zero-order chi connectivity index (χ0) is 15.5. The molecule has 0 bridgehead atoms. The molecule has 7 heteroatoms. The van der Waals surface area contributed by atoms with Crippen LogP contribution in [-0.2, 0) is 6.54 Å². The number of nitrogens with one attached hydrogen (secondary N) is 2. The minimum Gasteiger partial charge on any atom is -0.345 e. The molecule has 0 aliphatic carbocycles. The van der Waals surface area contributed by atoms with Crippen LogP contribution in [0.15, 0.2) is 29.6 Å². The minimum atomic E-state index is -0.156. The highest BCUT2D eigenvalue weighted by Gasteiger charge is 2.09. The van der Waals surface area contributed by atoms with E-state index >= 15 is 0 Å². The van der Waals surface area contributed by atoms with Crippen LogP contribution < -0.4 is 5.32 Å². The third-order valence-corrected chi connectivity index (χ3v) is 3.86. The Morgan fingerprint density at radius 1 is 1.32 bits per heavy atom. The summed E-state index contributed by atoms with van der Waals surface area (Å²) < 4.78 is 0. The van der Waals surface area contributed by atoms with E-state index in [-0.39, 0.29) is 5.91 Å².